The first-order chi connectivity index (χ1) is 15.2. The zero-order valence-electron chi connectivity index (χ0n) is 20.6. The van der Waals surface area contributed by atoms with E-state index in [1.54, 1.807) is 0 Å². The average molecular weight is 447 g/mol. The monoisotopic (exact) mass is 446 g/mol. The van der Waals surface area contributed by atoms with Crippen LogP contribution in [-0.2, 0) is 4.74 Å². The van der Waals surface area contributed by atoms with Gasteiger partial charge in [-0.3, -0.25) is 0 Å². The third-order valence-electron chi connectivity index (χ3n) is 8.99. The van der Waals surface area contributed by atoms with E-state index >= 15 is 0 Å². The Morgan fingerprint density at radius 3 is 2.66 bits per heavy atom. The van der Waals surface area contributed by atoms with Gasteiger partial charge in [-0.2, -0.15) is 0 Å². The lowest BCUT2D eigenvalue weighted by molar-refractivity contribution is 0.000803. The lowest BCUT2D eigenvalue weighted by Crippen LogP contribution is -2.35. The molecule has 3 saturated carbocycles. The fourth-order valence-electron chi connectivity index (χ4n) is 6.42. The van der Waals surface area contributed by atoms with Crippen LogP contribution in [-0.4, -0.2) is 46.3 Å². The molecule has 0 aromatic heterocycles. The molecule has 4 nitrogen and oxygen atoms in total. The molecule has 182 valence electrons. The van der Waals surface area contributed by atoms with Crippen molar-refractivity contribution in [3.8, 4) is 0 Å². The van der Waals surface area contributed by atoms with Gasteiger partial charge in [0, 0.05) is 19.6 Å². The summed E-state index contributed by atoms with van der Waals surface area (Å²) in [6.45, 7) is 12.2. The van der Waals surface area contributed by atoms with Gasteiger partial charge in [-0.15, -0.1) is 0 Å². The predicted molar refractivity (Wildman–Crippen MR) is 130 cm³/mol. The molecule has 0 bridgehead atoms. The van der Waals surface area contributed by atoms with Crippen LogP contribution in [0.1, 0.15) is 91.4 Å². The van der Waals surface area contributed by atoms with E-state index in [0.29, 0.717) is 30.1 Å². The van der Waals surface area contributed by atoms with Gasteiger partial charge in [0.25, 0.3) is 0 Å². The highest BCUT2D eigenvalue weighted by Gasteiger charge is 2.49. The highest BCUT2D eigenvalue weighted by atomic mass is 16.5. The molecule has 3 aliphatic rings. The van der Waals surface area contributed by atoms with Gasteiger partial charge in [-0.25, -0.2) is 0 Å². The molecule has 0 unspecified atom stereocenters. The highest BCUT2D eigenvalue weighted by molar-refractivity contribution is 5.38. The van der Waals surface area contributed by atoms with E-state index < -0.39 is 17.8 Å². The number of aliphatic hydroxyl groups is 3. The first-order valence-corrected chi connectivity index (χ1v) is 13.0. The molecule has 0 amide bonds. The van der Waals surface area contributed by atoms with Crippen LogP contribution in [0.4, 0.5) is 0 Å². The fourth-order valence-corrected chi connectivity index (χ4v) is 6.42. The maximum Gasteiger partial charge on any atom is 0.0811 e. The van der Waals surface area contributed by atoms with Crippen molar-refractivity contribution in [2.45, 2.75) is 109 Å². The Morgan fingerprint density at radius 2 is 1.94 bits per heavy atom. The molecule has 3 rings (SSSR count). The van der Waals surface area contributed by atoms with Crippen molar-refractivity contribution in [3.63, 3.8) is 0 Å². The standard InChI is InChI=1S/C28H46O4/c1-5-28(31,6-2)15-8-16-32-19-23-12-13-25-21(9-7-14-27(23,25)4)10-11-22-17-24(29)18-26(30)20(22)3/h10-11,23-26,29-31H,3,5-9,12-19H2,1-2,4H3/b21-10+,22-11-/t23-,24-,25+,26+,27-/m1/s1. The summed E-state index contributed by atoms with van der Waals surface area (Å²) in [4.78, 5) is 0. The molecule has 3 aliphatic carbocycles. The zero-order valence-corrected chi connectivity index (χ0v) is 20.6. The van der Waals surface area contributed by atoms with E-state index in [4.69, 9.17) is 4.74 Å². The van der Waals surface area contributed by atoms with Crippen molar-refractivity contribution in [1.82, 2.24) is 0 Å². The van der Waals surface area contributed by atoms with Crippen molar-refractivity contribution >= 4 is 0 Å². The molecular formula is C28H46O4. The van der Waals surface area contributed by atoms with Crippen LogP contribution in [0, 0.1) is 17.3 Å². The Bertz CT molecular complexity index is 704. The second-order valence-corrected chi connectivity index (χ2v) is 10.9. The van der Waals surface area contributed by atoms with Crippen LogP contribution in [0.2, 0.25) is 0 Å². The maximum atomic E-state index is 10.5. The van der Waals surface area contributed by atoms with Crippen LogP contribution in [0.5, 0.6) is 0 Å². The molecule has 32 heavy (non-hydrogen) atoms. The summed E-state index contributed by atoms with van der Waals surface area (Å²) < 4.78 is 6.13. The van der Waals surface area contributed by atoms with Crippen molar-refractivity contribution in [2.75, 3.05) is 13.2 Å². The molecule has 0 aromatic rings. The lowest BCUT2D eigenvalue weighted by Gasteiger charge is -2.42. The summed E-state index contributed by atoms with van der Waals surface area (Å²) >= 11 is 0. The number of hydrogen-bond acceptors (Lipinski definition) is 4. The Hall–Kier alpha value is -0.940. The van der Waals surface area contributed by atoms with Gasteiger partial charge >= 0.3 is 0 Å². The normalized spacial score (nSPS) is 36.1. The SMILES string of the molecule is C=C1/C(=C\C=C2/CCC[C@]3(C)[C@@H](COCCCC(O)(CC)CC)CC[C@@H]23)C[C@@H](O)C[C@@H]1O. The molecule has 0 spiro atoms. The van der Waals surface area contributed by atoms with Gasteiger partial charge in [0.15, 0.2) is 0 Å². The number of hydrogen-bond donors (Lipinski definition) is 3. The summed E-state index contributed by atoms with van der Waals surface area (Å²) in [5.41, 5.74) is 3.04. The predicted octanol–water partition coefficient (Wildman–Crippen LogP) is 5.48. The summed E-state index contributed by atoms with van der Waals surface area (Å²) in [5, 5.41) is 30.6. The molecule has 3 fully saturated rings. The third kappa shape index (κ3) is 5.75. The van der Waals surface area contributed by atoms with Gasteiger partial charge in [0.2, 0.25) is 0 Å². The Kier molecular flexibility index (Phi) is 8.82. The van der Waals surface area contributed by atoms with E-state index in [-0.39, 0.29) is 0 Å². The topological polar surface area (TPSA) is 69.9 Å². The van der Waals surface area contributed by atoms with Crippen molar-refractivity contribution < 1.29 is 20.1 Å². The average Bonchev–Trinajstić information content (AvgIpc) is 3.11. The second-order valence-electron chi connectivity index (χ2n) is 10.9. The van der Waals surface area contributed by atoms with Crippen molar-refractivity contribution in [3.05, 3.63) is 35.5 Å². The molecule has 0 radical (unpaired) electrons. The molecule has 0 heterocycles. The maximum absolute atomic E-state index is 10.5. The van der Waals surface area contributed by atoms with Gasteiger partial charge < -0.3 is 20.1 Å². The minimum atomic E-state index is -0.626. The highest BCUT2D eigenvalue weighted by Crippen LogP contribution is 2.57. The zero-order chi connectivity index (χ0) is 23.4. The fraction of sp³-hybridized carbons (Fsp3) is 0.786. The van der Waals surface area contributed by atoms with Gasteiger partial charge in [0.1, 0.15) is 0 Å². The van der Waals surface area contributed by atoms with E-state index in [2.05, 4.69) is 39.5 Å². The van der Waals surface area contributed by atoms with E-state index in [9.17, 15) is 15.3 Å². The minimum absolute atomic E-state index is 0.290. The van der Waals surface area contributed by atoms with Gasteiger partial charge in [-0.05, 0) is 92.6 Å². The minimum Gasteiger partial charge on any atom is -0.393 e. The first-order valence-electron chi connectivity index (χ1n) is 13.0. The van der Waals surface area contributed by atoms with Gasteiger partial charge in [0.05, 0.1) is 17.8 Å². The smallest absolute Gasteiger partial charge is 0.0811 e. The van der Waals surface area contributed by atoms with Crippen LogP contribution < -0.4 is 0 Å². The van der Waals surface area contributed by atoms with Crippen molar-refractivity contribution in [2.24, 2.45) is 17.3 Å². The van der Waals surface area contributed by atoms with E-state index in [1.807, 2.05) is 0 Å². The Labute approximate surface area is 195 Å². The van der Waals surface area contributed by atoms with Crippen LogP contribution in [0.15, 0.2) is 35.5 Å². The quantitative estimate of drug-likeness (QED) is 0.411. The largest absolute Gasteiger partial charge is 0.393 e. The summed E-state index contributed by atoms with van der Waals surface area (Å²) in [6.07, 6.45) is 13.7. The third-order valence-corrected chi connectivity index (χ3v) is 8.99. The van der Waals surface area contributed by atoms with Gasteiger partial charge in [-0.1, -0.05) is 45.1 Å². The summed E-state index contributed by atoms with van der Waals surface area (Å²) in [7, 11) is 0. The number of fused-ring (bicyclic) bond motifs is 1. The number of ether oxygens (including phenoxy) is 1. The number of allylic oxidation sites excluding steroid dienone is 3. The number of aliphatic hydroxyl groups excluding tert-OH is 2. The van der Waals surface area contributed by atoms with Crippen LogP contribution >= 0.6 is 0 Å². The number of rotatable bonds is 9. The molecule has 0 aliphatic heterocycles. The van der Waals surface area contributed by atoms with Crippen LogP contribution in [0.3, 0.4) is 0 Å². The van der Waals surface area contributed by atoms with E-state index in [1.165, 1.54) is 31.3 Å². The molecular weight excluding hydrogens is 400 g/mol. The molecule has 0 aromatic carbocycles. The van der Waals surface area contributed by atoms with Crippen molar-refractivity contribution in [1.29, 1.82) is 0 Å². The first kappa shape index (κ1) is 25.7. The Balaban J connectivity index is 1.57. The Morgan fingerprint density at radius 1 is 1.19 bits per heavy atom. The van der Waals surface area contributed by atoms with E-state index in [0.717, 1.165) is 56.5 Å². The van der Waals surface area contributed by atoms with Crippen LogP contribution in [0.25, 0.3) is 0 Å². The lowest BCUT2D eigenvalue weighted by atomic mass is 9.63. The second kappa shape index (κ2) is 11.0. The molecule has 3 N–H and O–H groups in total. The molecule has 4 heteroatoms. The summed E-state index contributed by atoms with van der Waals surface area (Å²) in [6, 6.07) is 0. The molecule has 0 saturated heterocycles. The summed E-state index contributed by atoms with van der Waals surface area (Å²) in [5.74, 6) is 1.19. The molecule has 5 atom stereocenters.